The van der Waals surface area contributed by atoms with Crippen molar-refractivity contribution in [1.29, 1.82) is 0 Å². The molecule has 14 heavy (non-hydrogen) atoms. The summed E-state index contributed by atoms with van der Waals surface area (Å²) in [6.45, 7) is 2.08. The molecular formula is C10H10BrFO2. The minimum absolute atomic E-state index is 0.101. The molecule has 0 N–H and O–H groups in total. The predicted molar refractivity (Wildman–Crippen MR) is 54.4 cm³/mol. The van der Waals surface area contributed by atoms with Crippen LogP contribution in [0.3, 0.4) is 0 Å². The van der Waals surface area contributed by atoms with Crippen molar-refractivity contribution in [2.75, 3.05) is 6.61 Å². The van der Waals surface area contributed by atoms with Gasteiger partial charge in [-0.05, 0) is 30.7 Å². The number of rotatable bonds is 3. The summed E-state index contributed by atoms with van der Waals surface area (Å²) in [7, 11) is 0. The van der Waals surface area contributed by atoms with Crippen LogP contribution in [-0.4, -0.2) is 12.6 Å². The summed E-state index contributed by atoms with van der Waals surface area (Å²) in [6.07, 6.45) is 0.101. The van der Waals surface area contributed by atoms with Gasteiger partial charge in [0.1, 0.15) is 5.82 Å². The van der Waals surface area contributed by atoms with Crippen LogP contribution in [0.4, 0.5) is 4.39 Å². The molecule has 0 aliphatic heterocycles. The fraction of sp³-hybridized carbons (Fsp3) is 0.300. The lowest BCUT2D eigenvalue weighted by Crippen LogP contribution is -2.07. The average Bonchev–Trinajstić information content (AvgIpc) is 2.01. The van der Waals surface area contributed by atoms with E-state index in [2.05, 4.69) is 15.9 Å². The second-order valence-electron chi connectivity index (χ2n) is 2.76. The topological polar surface area (TPSA) is 26.3 Å². The van der Waals surface area contributed by atoms with E-state index in [4.69, 9.17) is 4.74 Å². The lowest BCUT2D eigenvalue weighted by Gasteiger charge is -2.02. The van der Waals surface area contributed by atoms with Gasteiger partial charge < -0.3 is 4.74 Å². The van der Waals surface area contributed by atoms with Crippen molar-refractivity contribution in [3.05, 3.63) is 34.1 Å². The van der Waals surface area contributed by atoms with Gasteiger partial charge in [-0.2, -0.15) is 0 Å². The minimum Gasteiger partial charge on any atom is -0.466 e. The number of benzene rings is 1. The third-order valence-electron chi connectivity index (χ3n) is 1.58. The zero-order valence-corrected chi connectivity index (χ0v) is 9.30. The van der Waals surface area contributed by atoms with Crippen molar-refractivity contribution in [3.63, 3.8) is 0 Å². The van der Waals surface area contributed by atoms with Crippen molar-refractivity contribution in [2.24, 2.45) is 0 Å². The zero-order valence-electron chi connectivity index (χ0n) is 7.72. The van der Waals surface area contributed by atoms with E-state index in [-0.39, 0.29) is 18.2 Å². The number of carbonyl (C=O) groups is 1. The molecule has 0 bridgehead atoms. The molecule has 0 amide bonds. The number of carbonyl (C=O) groups excluding carboxylic acids is 1. The van der Waals surface area contributed by atoms with Gasteiger partial charge in [0, 0.05) is 4.47 Å². The van der Waals surface area contributed by atoms with E-state index in [1.165, 1.54) is 12.1 Å². The van der Waals surface area contributed by atoms with Crippen molar-refractivity contribution in [3.8, 4) is 0 Å². The Morgan fingerprint density at radius 2 is 2.21 bits per heavy atom. The van der Waals surface area contributed by atoms with Crippen LogP contribution in [0.1, 0.15) is 12.5 Å². The molecule has 0 aliphatic rings. The first-order valence-electron chi connectivity index (χ1n) is 4.22. The maximum atomic E-state index is 12.9. The molecule has 0 aromatic heterocycles. The van der Waals surface area contributed by atoms with E-state index in [9.17, 15) is 9.18 Å². The Kier molecular flexibility index (Phi) is 4.07. The summed E-state index contributed by atoms with van der Waals surface area (Å²) in [5, 5.41) is 0. The van der Waals surface area contributed by atoms with Gasteiger partial charge in [-0.15, -0.1) is 0 Å². The van der Waals surface area contributed by atoms with Gasteiger partial charge >= 0.3 is 5.97 Å². The molecule has 4 heteroatoms. The quantitative estimate of drug-likeness (QED) is 0.782. The first-order valence-corrected chi connectivity index (χ1v) is 5.01. The largest absolute Gasteiger partial charge is 0.466 e. The number of esters is 1. The normalized spacial score (nSPS) is 9.93. The van der Waals surface area contributed by atoms with Crippen molar-refractivity contribution < 1.29 is 13.9 Å². The standard InChI is InChI=1S/C10H10BrFO2/c1-2-14-10(13)5-7-3-8(11)6-9(12)4-7/h3-4,6H,2,5H2,1H3. The fourth-order valence-electron chi connectivity index (χ4n) is 1.09. The summed E-state index contributed by atoms with van der Waals surface area (Å²) >= 11 is 3.15. The summed E-state index contributed by atoms with van der Waals surface area (Å²) in [6, 6.07) is 4.36. The predicted octanol–water partition coefficient (Wildman–Crippen LogP) is 2.69. The molecule has 0 atom stereocenters. The van der Waals surface area contributed by atoms with E-state index in [1.54, 1.807) is 13.0 Å². The molecule has 76 valence electrons. The average molecular weight is 261 g/mol. The third kappa shape index (κ3) is 3.46. The van der Waals surface area contributed by atoms with E-state index in [1.807, 2.05) is 0 Å². The Morgan fingerprint density at radius 1 is 1.50 bits per heavy atom. The molecule has 0 heterocycles. The Bertz CT molecular complexity index is 319. The van der Waals surface area contributed by atoms with Crippen molar-refractivity contribution in [2.45, 2.75) is 13.3 Å². The highest BCUT2D eigenvalue weighted by Crippen LogP contribution is 2.15. The van der Waals surface area contributed by atoms with Gasteiger partial charge in [0.05, 0.1) is 13.0 Å². The Labute approximate surface area is 90.2 Å². The second kappa shape index (κ2) is 5.10. The first-order chi connectivity index (χ1) is 6.61. The van der Waals surface area contributed by atoms with Gasteiger partial charge in [0.25, 0.3) is 0 Å². The van der Waals surface area contributed by atoms with Crippen LogP contribution in [0.25, 0.3) is 0 Å². The number of hydrogen-bond donors (Lipinski definition) is 0. The van der Waals surface area contributed by atoms with E-state index in [0.717, 1.165) is 0 Å². The molecule has 0 saturated carbocycles. The Hall–Kier alpha value is -0.900. The van der Waals surface area contributed by atoms with Crippen LogP contribution >= 0.6 is 15.9 Å². The number of hydrogen-bond acceptors (Lipinski definition) is 2. The van der Waals surface area contributed by atoms with Gasteiger partial charge in [0.2, 0.25) is 0 Å². The summed E-state index contributed by atoms with van der Waals surface area (Å²) in [4.78, 5) is 11.1. The van der Waals surface area contributed by atoms with Crippen LogP contribution in [0, 0.1) is 5.82 Å². The molecule has 0 aliphatic carbocycles. The lowest BCUT2D eigenvalue weighted by atomic mass is 10.1. The summed E-state index contributed by atoms with van der Waals surface area (Å²) < 4.78 is 18.3. The Morgan fingerprint density at radius 3 is 2.79 bits per heavy atom. The Balaban J connectivity index is 2.71. The maximum Gasteiger partial charge on any atom is 0.310 e. The van der Waals surface area contributed by atoms with Crippen LogP contribution in [0.5, 0.6) is 0 Å². The maximum absolute atomic E-state index is 12.9. The SMILES string of the molecule is CCOC(=O)Cc1cc(F)cc(Br)c1. The summed E-state index contributed by atoms with van der Waals surface area (Å²) in [5.74, 6) is -0.705. The van der Waals surface area contributed by atoms with Crippen molar-refractivity contribution >= 4 is 21.9 Å². The smallest absolute Gasteiger partial charge is 0.310 e. The van der Waals surface area contributed by atoms with E-state index >= 15 is 0 Å². The minimum atomic E-state index is -0.362. The number of ether oxygens (including phenoxy) is 1. The van der Waals surface area contributed by atoms with E-state index < -0.39 is 0 Å². The second-order valence-corrected chi connectivity index (χ2v) is 3.68. The van der Waals surface area contributed by atoms with Gasteiger partial charge in [-0.25, -0.2) is 4.39 Å². The van der Waals surface area contributed by atoms with Crippen molar-refractivity contribution in [1.82, 2.24) is 0 Å². The molecular weight excluding hydrogens is 251 g/mol. The highest BCUT2D eigenvalue weighted by molar-refractivity contribution is 9.10. The zero-order chi connectivity index (χ0) is 10.6. The molecule has 1 aromatic carbocycles. The van der Waals surface area contributed by atoms with Crippen LogP contribution < -0.4 is 0 Å². The molecule has 0 spiro atoms. The highest BCUT2D eigenvalue weighted by Gasteiger charge is 2.05. The monoisotopic (exact) mass is 260 g/mol. The first kappa shape index (κ1) is 11.2. The molecule has 1 aromatic rings. The third-order valence-corrected chi connectivity index (χ3v) is 2.03. The number of halogens is 2. The molecule has 0 fully saturated rings. The highest BCUT2D eigenvalue weighted by atomic mass is 79.9. The molecule has 1 rings (SSSR count). The lowest BCUT2D eigenvalue weighted by molar-refractivity contribution is -0.142. The summed E-state index contributed by atoms with van der Waals surface area (Å²) in [5.41, 5.74) is 0.607. The van der Waals surface area contributed by atoms with Crippen LogP contribution in [0.2, 0.25) is 0 Å². The van der Waals surface area contributed by atoms with Gasteiger partial charge in [0.15, 0.2) is 0 Å². The molecule has 0 saturated heterocycles. The van der Waals surface area contributed by atoms with Crippen LogP contribution in [-0.2, 0) is 16.0 Å². The van der Waals surface area contributed by atoms with Gasteiger partial charge in [-0.3, -0.25) is 4.79 Å². The van der Waals surface area contributed by atoms with E-state index in [0.29, 0.717) is 16.6 Å². The fourth-order valence-corrected chi connectivity index (χ4v) is 1.60. The van der Waals surface area contributed by atoms with Crippen LogP contribution in [0.15, 0.2) is 22.7 Å². The molecule has 2 nitrogen and oxygen atoms in total. The molecule has 0 unspecified atom stereocenters. The van der Waals surface area contributed by atoms with Gasteiger partial charge in [-0.1, -0.05) is 15.9 Å². The molecule has 0 radical (unpaired) electrons.